The molecule has 0 bridgehead atoms. The van der Waals surface area contributed by atoms with Crippen LogP contribution in [0.2, 0.25) is 0 Å². The average Bonchev–Trinajstić information content (AvgIpc) is 3.05. The smallest absolute Gasteiger partial charge is 0.434 e. The first-order valence-corrected chi connectivity index (χ1v) is 15.7. The van der Waals surface area contributed by atoms with E-state index < -0.39 is 6.16 Å². The lowest BCUT2D eigenvalue weighted by Gasteiger charge is -2.19. The van der Waals surface area contributed by atoms with Gasteiger partial charge in [0.1, 0.15) is 0 Å². The maximum absolute atomic E-state index is 12.2. The van der Waals surface area contributed by atoms with Crippen molar-refractivity contribution in [2.24, 2.45) is 0 Å². The average molecular weight is 563 g/mol. The zero-order valence-corrected chi connectivity index (χ0v) is 25.3. The Labute approximate surface area is 252 Å². The van der Waals surface area contributed by atoms with E-state index in [9.17, 15) is 4.79 Å². The van der Waals surface area contributed by atoms with Gasteiger partial charge in [0.2, 0.25) is 0 Å². The fourth-order valence-corrected chi connectivity index (χ4v) is 5.65. The number of aryl methyl sites for hydroxylation is 2. The molecule has 3 nitrogen and oxygen atoms in total. The highest BCUT2D eigenvalue weighted by molar-refractivity contribution is 5.59. The number of hydrogen-bond donors (Lipinski definition) is 0. The molecule has 0 N–H and O–H groups in total. The third-order valence-corrected chi connectivity index (χ3v) is 8.20. The summed E-state index contributed by atoms with van der Waals surface area (Å²) in [5, 5.41) is 0. The van der Waals surface area contributed by atoms with Gasteiger partial charge in [0, 0.05) is 11.8 Å². The third-order valence-electron chi connectivity index (χ3n) is 8.20. The molecule has 4 aromatic rings. The summed E-state index contributed by atoms with van der Waals surface area (Å²) in [7, 11) is 0. The van der Waals surface area contributed by atoms with Crippen LogP contribution in [-0.2, 0) is 22.3 Å². The van der Waals surface area contributed by atoms with Crippen molar-refractivity contribution < 1.29 is 14.3 Å². The lowest BCUT2D eigenvalue weighted by Crippen LogP contribution is -2.10. The summed E-state index contributed by atoms with van der Waals surface area (Å²) in [5.41, 5.74) is 8.05. The Bertz CT molecular complexity index is 1190. The van der Waals surface area contributed by atoms with Gasteiger partial charge in [0.05, 0.1) is 13.2 Å². The summed E-state index contributed by atoms with van der Waals surface area (Å²) in [6.45, 7) is 5.14. The summed E-state index contributed by atoms with van der Waals surface area (Å²) < 4.78 is 10.8. The predicted molar refractivity (Wildman–Crippen MR) is 173 cm³/mol. The summed E-state index contributed by atoms with van der Waals surface area (Å²) in [5.74, 6) is 0.682. The quantitative estimate of drug-likeness (QED) is 0.101. The van der Waals surface area contributed by atoms with E-state index in [1.165, 1.54) is 33.4 Å². The molecule has 0 fully saturated rings. The van der Waals surface area contributed by atoms with Crippen molar-refractivity contribution in [3.8, 4) is 0 Å². The highest BCUT2D eigenvalue weighted by atomic mass is 16.7. The second kappa shape index (κ2) is 17.2. The summed E-state index contributed by atoms with van der Waals surface area (Å²) >= 11 is 0. The first kappa shape index (κ1) is 31.1. The van der Waals surface area contributed by atoms with Gasteiger partial charge in [-0.05, 0) is 84.7 Å². The van der Waals surface area contributed by atoms with Crippen molar-refractivity contribution >= 4 is 6.16 Å². The van der Waals surface area contributed by atoms with Crippen LogP contribution in [0.1, 0.15) is 97.6 Å². The Hall–Kier alpha value is -3.85. The molecule has 4 aromatic carbocycles. The molecule has 0 aromatic heterocycles. The molecule has 0 amide bonds. The van der Waals surface area contributed by atoms with Crippen molar-refractivity contribution in [2.45, 2.75) is 77.0 Å². The minimum atomic E-state index is -0.556. The van der Waals surface area contributed by atoms with Gasteiger partial charge in [0.15, 0.2) is 0 Å². The topological polar surface area (TPSA) is 35.5 Å². The summed E-state index contributed by atoms with van der Waals surface area (Å²) in [4.78, 5) is 12.2. The van der Waals surface area contributed by atoms with Crippen LogP contribution >= 0.6 is 0 Å². The third kappa shape index (κ3) is 9.62. The van der Waals surface area contributed by atoms with Crippen LogP contribution in [-0.4, -0.2) is 19.4 Å². The second-order valence-electron chi connectivity index (χ2n) is 11.1. The lowest BCUT2D eigenvalue weighted by atomic mass is 9.86. The fraction of sp³-hybridized carbons (Fsp3) is 0.359. The minimum absolute atomic E-state index is 0.341. The molecule has 0 radical (unpaired) electrons. The largest absolute Gasteiger partial charge is 0.508 e. The van der Waals surface area contributed by atoms with Gasteiger partial charge in [-0.1, -0.05) is 123 Å². The van der Waals surface area contributed by atoms with Gasteiger partial charge in [-0.2, -0.15) is 0 Å². The van der Waals surface area contributed by atoms with Crippen LogP contribution in [0, 0.1) is 0 Å². The highest BCUT2D eigenvalue weighted by Gasteiger charge is 2.15. The molecule has 3 heteroatoms. The van der Waals surface area contributed by atoms with E-state index in [0.29, 0.717) is 25.0 Å². The number of ether oxygens (including phenoxy) is 2. The van der Waals surface area contributed by atoms with Gasteiger partial charge in [-0.3, -0.25) is 0 Å². The number of unbranched alkanes of at least 4 members (excludes halogenated alkanes) is 2. The Balaban J connectivity index is 1.16. The number of benzene rings is 4. The SMILES string of the molecule is CCc1ccc(C(CCCCOC(=O)OCCCCC(c2ccccc2)c2ccc(CC)cc2)c2ccccc2)cc1. The lowest BCUT2D eigenvalue weighted by molar-refractivity contribution is 0.0528. The molecule has 2 unspecified atom stereocenters. The van der Waals surface area contributed by atoms with Crippen LogP contribution in [0.5, 0.6) is 0 Å². The second-order valence-corrected chi connectivity index (χ2v) is 11.1. The van der Waals surface area contributed by atoms with E-state index in [4.69, 9.17) is 9.47 Å². The van der Waals surface area contributed by atoms with E-state index in [1.807, 2.05) is 0 Å². The number of rotatable bonds is 16. The molecule has 0 heterocycles. The van der Waals surface area contributed by atoms with E-state index in [-0.39, 0.29) is 0 Å². The monoisotopic (exact) mass is 562 g/mol. The van der Waals surface area contributed by atoms with Crippen molar-refractivity contribution in [1.29, 1.82) is 0 Å². The molecular formula is C39H46O3. The summed E-state index contributed by atoms with van der Waals surface area (Å²) in [6, 6.07) is 39.3. The van der Waals surface area contributed by atoms with Gasteiger partial charge >= 0.3 is 6.16 Å². The fourth-order valence-electron chi connectivity index (χ4n) is 5.65. The van der Waals surface area contributed by atoms with E-state index in [2.05, 4.69) is 123 Å². The molecule has 42 heavy (non-hydrogen) atoms. The maximum Gasteiger partial charge on any atom is 0.508 e. The van der Waals surface area contributed by atoms with Gasteiger partial charge in [-0.15, -0.1) is 0 Å². The van der Waals surface area contributed by atoms with E-state index >= 15 is 0 Å². The Kier molecular flexibility index (Phi) is 12.7. The standard InChI is InChI=1S/C39H46O3/c1-3-31-21-25-35(26-22-31)37(33-15-7-5-8-16-33)19-11-13-29-41-39(40)42-30-14-12-20-38(34-17-9-6-10-18-34)36-27-23-32(4-2)24-28-36/h5-10,15-18,21-28,37-38H,3-4,11-14,19-20,29-30H2,1-2H3. The Morgan fingerprint density at radius 1 is 0.500 bits per heavy atom. The highest BCUT2D eigenvalue weighted by Crippen LogP contribution is 2.31. The molecule has 0 spiro atoms. The van der Waals surface area contributed by atoms with Crippen LogP contribution in [0.15, 0.2) is 109 Å². The van der Waals surface area contributed by atoms with Crippen LogP contribution < -0.4 is 0 Å². The van der Waals surface area contributed by atoms with Crippen molar-refractivity contribution in [2.75, 3.05) is 13.2 Å². The van der Waals surface area contributed by atoms with Crippen LogP contribution in [0.25, 0.3) is 0 Å². The molecule has 0 aliphatic heterocycles. The van der Waals surface area contributed by atoms with Crippen molar-refractivity contribution in [1.82, 2.24) is 0 Å². The number of carbonyl (C=O) groups is 1. The van der Waals surface area contributed by atoms with E-state index in [1.54, 1.807) is 0 Å². The molecule has 0 aliphatic carbocycles. The first-order chi connectivity index (χ1) is 20.7. The van der Waals surface area contributed by atoms with E-state index in [0.717, 1.165) is 51.4 Å². The molecule has 4 rings (SSSR count). The zero-order valence-electron chi connectivity index (χ0n) is 25.3. The van der Waals surface area contributed by atoms with Crippen molar-refractivity contribution in [3.63, 3.8) is 0 Å². The van der Waals surface area contributed by atoms with Crippen molar-refractivity contribution in [3.05, 3.63) is 143 Å². The Morgan fingerprint density at radius 3 is 1.21 bits per heavy atom. The number of hydrogen-bond acceptors (Lipinski definition) is 3. The predicted octanol–water partition coefficient (Wildman–Crippen LogP) is 10.3. The number of carbonyl (C=O) groups excluding carboxylic acids is 1. The molecule has 220 valence electrons. The van der Waals surface area contributed by atoms with Crippen LogP contribution in [0.3, 0.4) is 0 Å². The zero-order chi connectivity index (χ0) is 29.4. The normalized spacial score (nSPS) is 12.4. The molecule has 0 saturated heterocycles. The summed E-state index contributed by atoms with van der Waals surface area (Å²) in [6.07, 6.45) is 7.15. The first-order valence-electron chi connectivity index (χ1n) is 15.7. The van der Waals surface area contributed by atoms with Gasteiger partial charge in [0.25, 0.3) is 0 Å². The molecular weight excluding hydrogens is 516 g/mol. The Morgan fingerprint density at radius 2 is 0.857 bits per heavy atom. The minimum Gasteiger partial charge on any atom is -0.434 e. The molecule has 0 saturated carbocycles. The maximum atomic E-state index is 12.2. The van der Waals surface area contributed by atoms with Gasteiger partial charge in [-0.25, -0.2) is 4.79 Å². The van der Waals surface area contributed by atoms with Crippen LogP contribution in [0.4, 0.5) is 4.79 Å². The molecule has 0 aliphatic rings. The van der Waals surface area contributed by atoms with Gasteiger partial charge < -0.3 is 9.47 Å². The molecule has 2 atom stereocenters.